The maximum atomic E-state index is 13.6. The van der Waals surface area contributed by atoms with Crippen molar-refractivity contribution in [2.45, 2.75) is 33.7 Å². The Morgan fingerprint density at radius 3 is 2.12 bits per heavy atom. The molecule has 0 N–H and O–H groups in total. The van der Waals surface area contributed by atoms with E-state index in [1.54, 1.807) is 18.2 Å². The molecule has 12 heteroatoms. The van der Waals surface area contributed by atoms with Crippen molar-refractivity contribution in [3.63, 3.8) is 0 Å². The van der Waals surface area contributed by atoms with E-state index < -0.39 is 31.8 Å². The zero-order chi connectivity index (χ0) is 24.4. The van der Waals surface area contributed by atoms with Crippen molar-refractivity contribution in [3.05, 3.63) is 54.1 Å². The molecule has 0 spiro atoms. The van der Waals surface area contributed by atoms with Crippen LogP contribution in [0.2, 0.25) is 0 Å². The topological polar surface area (TPSA) is 74.8 Å². The molecule has 0 aliphatic carbocycles. The Hall–Kier alpha value is -1.60. The molecule has 1 fully saturated rings. The fourth-order valence-corrected chi connectivity index (χ4v) is 7.32. The van der Waals surface area contributed by atoms with Gasteiger partial charge in [0.05, 0.1) is 15.4 Å². The molecule has 33 heavy (non-hydrogen) atoms. The van der Waals surface area contributed by atoms with Crippen LogP contribution < -0.4 is 0 Å². The summed E-state index contributed by atoms with van der Waals surface area (Å²) < 4.78 is 93.5. The molecule has 0 atom stereocenters. The standard InChI is InChI=1S/C21H25F3N2O4S3/c1-25(2)33(29,30)26-12-10-16(11-13-26)15-31-20-14-18(8-9-19(20)21(22,23)24)32(27,28)17-6-4-3-5-7-17/h3-9,14,16H,10-13,15H2,1-2H3. The number of thioether (sulfide) groups is 1. The van der Waals surface area contributed by atoms with Crippen LogP contribution in [0.3, 0.4) is 0 Å². The van der Waals surface area contributed by atoms with E-state index in [1.807, 2.05) is 0 Å². The number of benzene rings is 2. The highest BCUT2D eigenvalue weighted by Gasteiger charge is 2.35. The molecule has 1 heterocycles. The van der Waals surface area contributed by atoms with E-state index in [4.69, 9.17) is 0 Å². The van der Waals surface area contributed by atoms with E-state index in [0.29, 0.717) is 31.7 Å². The molecule has 1 aliphatic heterocycles. The van der Waals surface area contributed by atoms with Crippen LogP contribution in [0.5, 0.6) is 0 Å². The molecule has 6 nitrogen and oxygen atoms in total. The average molecular weight is 523 g/mol. The van der Waals surface area contributed by atoms with Crippen LogP contribution in [0.25, 0.3) is 0 Å². The first-order valence-electron chi connectivity index (χ1n) is 10.2. The smallest absolute Gasteiger partial charge is 0.219 e. The molecule has 0 radical (unpaired) electrons. The van der Waals surface area contributed by atoms with Gasteiger partial charge in [-0.25, -0.2) is 8.42 Å². The SMILES string of the molecule is CN(C)S(=O)(=O)N1CCC(CSc2cc(S(=O)(=O)c3ccccc3)ccc2C(F)(F)F)CC1. The summed E-state index contributed by atoms with van der Waals surface area (Å²) in [5.41, 5.74) is -0.882. The van der Waals surface area contributed by atoms with Gasteiger partial charge in [0.1, 0.15) is 0 Å². The van der Waals surface area contributed by atoms with Crippen LogP contribution in [0.15, 0.2) is 63.2 Å². The van der Waals surface area contributed by atoms with E-state index in [-0.39, 0.29) is 20.6 Å². The van der Waals surface area contributed by atoms with Gasteiger partial charge >= 0.3 is 6.18 Å². The minimum Gasteiger partial charge on any atom is -0.219 e. The van der Waals surface area contributed by atoms with Gasteiger partial charge in [-0.15, -0.1) is 11.8 Å². The zero-order valence-electron chi connectivity index (χ0n) is 18.1. The number of hydrogen-bond acceptors (Lipinski definition) is 5. The van der Waals surface area contributed by atoms with Gasteiger partial charge < -0.3 is 0 Å². The Morgan fingerprint density at radius 1 is 0.970 bits per heavy atom. The molecule has 2 aromatic rings. The van der Waals surface area contributed by atoms with Crippen LogP contribution in [0, 0.1) is 5.92 Å². The monoisotopic (exact) mass is 522 g/mol. The molecule has 2 aromatic carbocycles. The minimum atomic E-state index is -4.62. The zero-order valence-corrected chi connectivity index (χ0v) is 20.6. The third-order valence-corrected chi connectivity index (χ3v) is 10.5. The van der Waals surface area contributed by atoms with E-state index >= 15 is 0 Å². The van der Waals surface area contributed by atoms with Gasteiger partial charge in [-0.1, -0.05) is 18.2 Å². The predicted molar refractivity (Wildman–Crippen MR) is 121 cm³/mol. The third-order valence-electron chi connectivity index (χ3n) is 5.46. The molecular weight excluding hydrogens is 497 g/mol. The molecule has 0 aromatic heterocycles. The Kier molecular flexibility index (Phi) is 7.84. The summed E-state index contributed by atoms with van der Waals surface area (Å²) in [5, 5.41) is 0. The largest absolute Gasteiger partial charge is 0.417 e. The van der Waals surface area contributed by atoms with Crippen molar-refractivity contribution in [3.8, 4) is 0 Å². The summed E-state index contributed by atoms with van der Waals surface area (Å²) in [6.07, 6.45) is -3.59. The average Bonchev–Trinajstić information content (AvgIpc) is 2.77. The first kappa shape index (κ1) is 26.0. The number of alkyl halides is 3. The Bertz CT molecular complexity index is 1180. The van der Waals surface area contributed by atoms with Crippen molar-refractivity contribution in [2.75, 3.05) is 32.9 Å². The number of halogens is 3. The lowest BCUT2D eigenvalue weighted by atomic mass is 10.0. The number of hydrogen-bond donors (Lipinski definition) is 0. The first-order valence-corrected chi connectivity index (χ1v) is 14.0. The second-order valence-electron chi connectivity index (χ2n) is 7.92. The van der Waals surface area contributed by atoms with Gasteiger partial charge in [-0.2, -0.15) is 30.2 Å². The van der Waals surface area contributed by atoms with Crippen LogP contribution in [0.1, 0.15) is 18.4 Å². The van der Waals surface area contributed by atoms with Crippen molar-refractivity contribution < 1.29 is 30.0 Å². The molecule has 0 bridgehead atoms. The predicted octanol–water partition coefficient (Wildman–Crippen LogP) is 4.15. The summed E-state index contributed by atoms with van der Waals surface area (Å²) >= 11 is 0.958. The van der Waals surface area contributed by atoms with Crippen molar-refractivity contribution in [2.24, 2.45) is 5.92 Å². The van der Waals surface area contributed by atoms with Crippen LogP contribution in [0.4, 0.5) is 13.2 Å². The summed E-state index contributed by atoms with van der Waals surface area (Å²) in [5.74, 6) is 0.340. The number of sulfone groups is 1. The van der Waals surface area contributed by atoms with Crippen molar-refractivity contribution >= 4 is 31.8 Å². The molecule has 182 valence electrons. The van der Waals surface area contributed by atoms with Crippen LogP contribution in [-0.4, -0.2) is 58.4 Å². The Morgan fingerprint density at radius 2 is 1.58 bits per heavy atom. The molecule has 0 saturated carbocycles. The number of rotatable bonds is 7. The quantitative estimate of drug-likeness (QED) is 0.511. The lowest BCUT2D eigenvalue weighted by molar-refractivity contribution is -0.139. The molecule has 0 unspecified atom stereocenters. The van der Waals surface area contributed by atoms with E-state index in [9.17, 15) is 30.0 Å². The van der Waals surface area contributed by atoms with Crippen molar-refractivity contribution in [1.82, 2.24) is 8.61 Å². The van der Waals surface area contributed by atoms with E-state index in [1.165, 1.54) is 30.5 Å². The van der Waals surface area contributed by atoms with E-state index in [0.717, 1.165) is 34.3 Å². The number of nitrogens with zero attached hydrogens (tertiary/aromatic N) is 2. The second kappa shape index (κ2) is 9.95. The summed E-state index contributed by atoms with van der Waals surface area (Å²) in [7, 11) is -4.58. The van der Waals surface area contributed by atoms with E-state index in [2.05, 4.69) is 0 Å². The fraction of sp³-hybridized carbons (Fsp3) is 0.429. The highest BCUT2D eigenvalue weighted by molar-refractivity contribution is 7.99. The normalized spacial score (nSPS) is 16.9. The molecule has 3 rings (SSSR count). The van der Waals surface area contributed by atoms with Gasteiger partial charge in [-0.05, 0) is 49.1 Å². The molecule has 1 saturated heterocycles. The second-order valence-corrected chi connectivity index (χ2v) is 13.1. The maximum absolute atomic E-state index is 13.6. The maximum Gasteiger partial charge on any atom is 0.417 e. The van der Waals surface area contributed by atoms with Gasteiger partial charge in [-0.3, -0.25) is 0 Å². The number of piperidine rings is 1. The van der Waals surface area contributed by atoms with Gasteiger partial charge in [0.2, 0.25) is 9.84 Å². The lowest BCUT2D eigenvalue weighted by Crippen LogP contribution is -2.44. The molecule has 1 aliphatic rings. The lowest BCUT2D eigenvalue weighted by Gasteiger charge is -2.32. The molecule has 0 amide bonds. The minimum absolute atomic E-state index is 0.00943. The van der Waals surface area contributed by atoms with Gasteiger partial charge in [0.25, 0.3) is 10.2 Å². The van der Waals surface area contributed by atoms with Crippen LogP contribution >= 0.6 is 11.8 Å². The van der Waals surface area contributed by atoms with Crippen LogP contribution in [-0.2, 0) is 26.2 Å². The summed E-state index contributed by atoms with van der Waals surface area (Å²) in [6, 6.07) is 10.4. The summed E-state index contributed by atoms with van der Waals surface area (Å²) in [4.78, 5) is -0.339. The first-order chi connectivity index (χ1) is 15.3. The molecular formula is C21H25F3N2O4S3. The Labute approximate surface area is 196 Å². The Balaban J connectivity index is 1.79. The summed E-state index contributed by atoms with van der Waals surface area (Å²) in [6.45, 7) is 0.584. The van der Waals surface area contributed by atoms with Gasteiger partial charge in [0.15, 0.2) is 0 Å². The highest BCUT2D eigenvalue weighted by atomic mass is 32.2. The third kappa shape index (κ3) is 5.91. The van der Waals surface area contributed by atoms with Gasteiger partial charge in [0, 0.05) is 37.8 Å². The van der Waals surface area contributed by atoms with Crippen molar-refractivity contribution in [1.29, 1.82) is 0 Å². The fourth-order valence-electron chi connectivity index (χ4n) is 3.50. The highest BCUT2D eigenvalue weighted by Crippen LogP contribution is 2.40.